The number of thiol groups is 2. The summed E-state index contributed by atoms with van der Waals surface area (Å²) in [6, 6.07) is 3.96. The fraction of sp³-hybridized carbons (Fsp3) is 0.818. The zero-order valence-corrected chi connectivity index (χ0v) is 26.0. The number of phenols is 1. The monoisotopic (exact) mass is 536 g/mol. The highest BCUT2D eigenvalue weighted by Gasteiger charge is 2.20. The molecule has 0 amide bonds. The van der Waals surface area contributed by atoms with Crippen molar-refractivity contribution in [3.8, 4) is 5.75 Å². The van der Waals surface area contributed by atoms with Gasteiger partial charge in [-0.2, -0.15) is 25.3 Å². The van der Waals surface area contributed by atoms with E-state index < -0.39 is 0 Å². The average molecular weight is 537 g/mol. The molecule has 1 aromatic rings. The Kier molecular flexibility index (Phi) is 21.3. The third-order valence-corrected chi connectivity index (χ3v) is 8.93. The smallest absolute Gasteiger partial charge is 0.118 e. The van der Waals surface area contributed by atoms with Crippen LogP contribution in [0.15, 0.2) is 12.1 Å². The minimum Gasteiger partial charge on any atom is -0.508 e. The maximum atomic E-state index is 10.4. The van der Waals surface area contributed by atoms with E-state index >= 15 is 0 Å². The zero-order valence-electron chi connectivity index (χ0n) is 24.2. The molecule has 2 atom stereocenters. The Labute approximate surface area is 236 Å². The molecule has 1 nitrogen and oxygen atoms in total. The first kappa shape index (κ1) is 33.7. The molecule has 2 unspecified atom stereocenters. The van der Waals surface area contributed by atoms with Gasteiger partial charge in [0.1, 0.15) is 5.75 Å². The van der Waals surface area contributed by atoms with Crippen LogP contribution in [-0.4, -0.2) is 5.11 Å². The second kappa shape index (κ2) is 22.7. The van der Waals surface area contributed by atoms with Crippen molar-refractivity contribution in [2.24, 2.45) is 0 Å². The van der Waals surface area contributed by atoms with Crippen LogP contribution in [0.2, 0.25) is 0 Å². The lowest BCUT2D eigenvalue weighted by Crippen LogP contribution is -2.04. The molecule has 0 bridgehead atoms. The minimum absolute atomic E-state index is 0.184. The third kappa shape index (κ3) is 15.2. The second-order valence-corrected chi connectivity index (χ2v) is 12.4. The quantitative estimate of drug-likeness (QED) is 0.0886. The van der Waals surface area contributed by atoms with E-state index in [0.29, 0.717) is 5.75 Å². The average Bonchev–Trinajstić information content (AvgIpc) is 2.87. The lowest BCUT2D eigenvalue weighted by molar-refractivity contribution is 0.469. The Balaban J connectivity index is 2.35. The van der Waals surface area contributed by atoms with Crippen molar-refractivity contribution in [1.82, 2.24) is 0 Å². The van der Waals surface area contributed by atoms with Gasteiger partial charge in [-0.3, -0.25) is 0 Å². The molecule has 0 aliphatic carbocycles. The largest absolute Gasteiger partial charge is 0.508 e. The van der Waals surface area contributed by atoms with E-state index in [1.54, 1.807) is 0 Å². The van der Waals surface area contributed by atoms with E-state index in [-0.39, 0.29) is 10.5 Å². The number of phenolic OH excluding ortho intramolecular Hbond substituents is 1. The van der Waals surface area contributed by atoms with Gasteiger partial charge in [-0.05, 0) is 42.5 Å². The molecule has 3 heteroatoms. The number of unbranched alkanes of at least 4 members (excludes halogenated alkanes) is 18. The molecule has 1 N–H and O–H groups in total. The van der Waals surface area contributed by atoms with Crippen LogP contribution in [0, 0.1) is 6.92 Å². The van der Waals surface area contributed by atoms with Crippen LogP contribution >= 0.6 is 25.3 Å². The van der Waals surface area contributed by atoms with Gasteiger partial charge >= 0.3 is 0 Å². The first-order chi connectivity index (χ1) is 17.5. The topological polar surface area (TPSA) is 20.2 Å². The maximum absolute atomic E-state index is 10.4. The van der Waals surface area contributed by atoms with Crippen molar-refractivity contribution in [2.45, 2.75) is 173 Å². The Bertz CT molecular complexity index is 645. The van der Waals surface area contributed by atoms with E-state index in [9.17, 15) is 5.11 Å². The van der Waals surface area contributed by atoms with Crippen molar-refractivity contribution in [2.75, 3.05) is 0 Å². The third-order valence-electron chi connectivity index (χ3n) is 7.87. The SMILES string of the molecule is CCCCCCCCCCCCC(S)c1ccc(O)c(C)c1C(S)CCCCCCCCCCCC. The Hall–Kier alpha value is -0.280. The summed E-state index contributed by atoms with van der Waals surface area (Å²) in [6.07, 6.45) is 29.4. The summed E-state index contributed by atoms with van der Waals surface area (Å²) < 4.78 is 0. The van der Waals surface area contributed by atoms with Crippen LogP contribution in [0.4, 0.5) is 0 Å². The summed E-state index contributed by atoms with van der Waals surface area (Å²) in [6.45, 7) is 6.62. The number of benzene rings is 1. The molecule has 0 aromatic heterocycles. The molecule has 36 heavy (non-hydrogen) atoms. The van der Waals surface area contributed by atoms with Crippen LogP contribution in [0.5, 0.6) is 5.75 Å². The van der Waals surface area contributed by atoms with Gasteiger partial charge in [0.2, 0.25) is 0 Å². The van der Waals surface area contributed by atoms with Gasteiger partial charge in [0.15, 0.2) is 0 Å². The molecule has 0 aliphatic heterocycles. The van der Waals surface area contributed by atoms with Crippen molar-refractivity contribution in [3.05, 3.63) is 28.8 Å². The number of hydrogen-bond acceptors (Lipinski definition) is 3. The summed E-state index contributed by atoms with van der Waals surface area (Å²) in [5.74, 6) is 0.398. The Morgan fingerprint density at radius 2 is 0.917 bits per heavy atom. The summed E-state index contributed by atoms with van der Waals surface area (Å²) in [5.41, 5.74) is 3.53. The van der Waals surface area contributed by atoms with Crippen molar-refractivity contribution >= 4 is 25.3 Å². The molecular weight excluding hydrogens is 476 g/mol. The standard InChI is InChI=1S/C33H60OS2/c1-4-6-8-10-12-14-16-18-20-22-24-31(35)29-26-27-30(34)28(3)33(29)32(36)25-23-21-19-17-15-13-11-9-7-5-2/h26-27,31-32,34-36H,4-25H2,1-3H3. The maximum Gasteiger partial charge on any atom is 0.118 e. The fourth-order valence-electron chi connectivity index (χ4n) is 5.42. The number of rotatable bonds is 24. The van der Waals surface area contributed by atoms with Gasteiger partial charge in [0.25, 0.3) is 0 Å². The predicted molar refractivity (Wildman–Crippen MR) is 169 cm³/mol. The first-order valence-corrected chi connectivity index (χ1v) is 16.7. The summed E-state index contributed by atoms with van der Waals surface area (Å²) in [7, 11) is 0. The molecule has 0 saturated heterocycles. The Morgan fingerprint density at radius 3 is 1.33 bits per heavy atom. The number of hydrogen-bond donors (Lipinski definition) is 3. The van der Waals surface area contributed by atoms with Crippen molar-refractivity contribution in [3.63, 3.8) is 0 Å². The van der Waals surface area contributed by atoms with Crippen LogP contribution in [0.25, 0.3) is 0 Å². The molecule has 0 heterocycles. The van der Waals surface area contributed by atoms with Crippen molar-refractivity contribution < 1.29 is 5.11 Å². The highest BCUT2D eigenvalue weighted by atomic mass is 32.1. The lowest BCUT2D eigenvalue weighted by Gasteiger charge is -2.23. The van der Waals surface area contributed by atoms with E-state index in [0.717, 1.165) is 18.4 Å². The molecule has 0 aliphatic rings. The molecule has 0 radical (unpaired) electrons. The molecule has 0 saturated carbocycles. The molecular formula is C33H60OS2. The summed E-state index contributed by atoms with van der Waals surface area (Å²) >= 11 is 10.0. The van der Waals surface area contributed by atoms with Crippen molar-refractivity contribution in [1.29, 1.82) is 0 Å². The highest BCUT2D eigenvalue weighted by molar-refractivity contribution is 7.80. The molecule has 0 fully saturated rings. The van der Waals surface area contributed by atoms with Crippen LogP contribution in [0.1, 0.15) is 182 Å². The first-order valence-electron chi connectivity index (χ1n) is 15.7. The van der Waals surface area contributed by atoms with E-state index in [1.807, 2.05) is 6.07 Å². The minimum atomic E-state index is 0.184. The van der Waals surface area contributed by atoms with E-state index in [2.05, 4.69) is 26.8 Å². The fourth-order valence-corrected chi connectivity index (χ4v) is 6.35. The van der Waals surface area contributed by atoms with Crippen LogP contribution < -0.4 is 0 Å². The normalized spacial score (nSPS) is 13.2. The van der Waals surface area contributed by atoms with Crippen LogP contribution in [-0.2, 0) is 0 Å². The van der Waals surface area contributed by atoms with Gasteiger partial charge in [-0.1, -0.05) is 148 Å². The Morgan fingerprint density at radius 1 is 0.556 bits per heavy atom. The van der Waals surface area contributed by atoms with Gasteiger partial charge in [-0.25, -0.2) is 0 Å². The number of aromatic hydroxyl groups is 1. The van der Waals surface area contributed by atoms with Crippen LogP contribution in [0.3, 0.4) is 0 Å². The molecule has 210 valence electrons. The predicted octanol–water partition coefficient (Wildman–Crippen LogP) is 12.3. The van der Waals surface area contributed by atoms with E-state index in [4.69, 9.17) is 25.3 Å². The molecule has 1 rings (SSSR count). The van der Waals surface area contributed by atoms with Gasteiger partial charge in [-0.15, -0.1) is 0 Å². The van der Waals surface area contributed by atoms with E-state index in [1.165, 1.54) is 140 Å². The molecule has 0 spiro atoms. The van der Waals surface area contributed by atoms with Gasteiger partial charge in [0.05, 0.1) is 0 Å². The summed E-state index contributed by atoms with van der Waals surface area (Å²) in [4.78, 5) is 0. The highest BCUT2D eigenvalue weighted by Crippen LogP contribution is 2.41. The summed E-state index contributed by atoms with van der Waals surface area (Å²) in [5, 5.41) is 10.8. The second-order valence-electron chi connectivity index (χ2n) is 11.2. The zero-order chi connectivity index (χ0) is 26.4. The molecule has 1 aromatic carbocycles. The van der Waals surface area contributed by atoms with Gasteiger partial charge in [0, 0.05) is 10.5 Å². The van der Waals surface area contributed by atoms with Gasteiger partial charge < -0.3 is 5.11 Å². The lowest BCUT2D eigenvalue weighted by atomic mass is 9.91.